The van der Waals surface area contributed by atoms with Crippen LogP contribution in [0.25, 0.3) is 0 Å². The maximum absolute atomic E-state index is 14.1. The quantitative estimate of drug-likeness (QED) is 0.318. The van der Waals surface area contributed by atoms with Gasteiger partial charge in [0.2, 0.25) is 21.8 Å². The normalized spacial score (nSPS) is 12.3. The maximum Gasteiger partial charge on any atom is 0.244 e. The standard InChI is InChI=1S/C32H41N3O4S/c1-24(2)21-33-32(37)30(20-26-12-8-6-9-13-26)34(22-27-14-10-7-11-15-27)31(36)23-35(40(5,38)39)29-18-16-28(17-19-29)25(3)4/h6-19,24-25,30H,20-23H2,1-5H3,(H,33,37)/t30-/m1/s1. The van der Waals surface area contributed by atoms with Crippen LogP contribution >= 0.6 is 0 Å². The molecular weight excluding hydrogens is 522 g/mol. The van der Waals surface area contributed by atoms with Crippen LogP contribution in [0, 0.1) is 5.92 Å². The van der Waals surface area contributed by atoms with E-state index in [0.29, 0.717) is 18.7 Å². The minimum absolute atomic E-state index is 0.163. The Hall–Kier alpha value is -3.65. The van der Waals surface area contributed by atoms with Crippen LogP contribution in [-0.4, -0.2) is 50.5 Å². The molecule has 1 atom stereocenters. The zero-order valence-electron chi connectivity index (χ0n) is 24.1. The number of hydrogen-bond donors (Lipinski definition) is 1. The van der Waals surface area contributed by atoms with Crippen molar-refractivity contribution in [3.8, 4) is 0 Å². The molecule has 0 aliphatic rings. The summed E-state index contributed by atoms with van der Waals surface area (Å²) in [4.78, 5) is 29.2. The second-order valence-electron chi connectivity index (χ2n) is 10.9. The van der Waals surface area contributed by atoms with Crippen LogP contribution in [0.1, 0.15) is 50.3 Å². The zero-order chi connectivity index (χ0) is 29.3. The fraction of sp³-hybridized carbons (Fsp3) is 0.375. The molecule has 0 unspecified atom stereocenters. The Kier molecular flexibility index (Phi) is 10.9. The van der Waals surface area contributed by atoms with Gasteiger partial charge in [0.05, 0.1) is 11.9 Å². The van der Waals surface area contributed by atoms with Crippen LogP contribution in [0.5, 0.6) is 0 Å². The molecule has 2 amide bonds. The number of nitrogens with one attached hydrogen (secondary N) is 1. The number of nitrogens with zero attached hydrogens (tertiary/aromatic N) is 2. The van der Waals surface area contributed by atoms with Crippen LogP contribution < -0.4 is 9.62 Å². The lowest BCUT2D eigenvalue weighted by molar-refractivity contribution is -0.140. The largest absolute Gasteiger partial charge is 0.354 e. The summed E-state index contributed by atoms with van der Waals surface area (Å²) in [5.41, 5.74) is 3.22. The van der Waals surface area contributed by atoms with Gasteiger partial charge in [0, 0.05) is 19.5 Å². The fourth-order valence-corrected chi connectivity index (χ4v) is 5.25. The molecule has 8 heteroatoms. The van der Waals surface area contributed by atoms with Crippen molar-refractivity contribution >= 4 is 27.5 Å². The van der Waals surface area contributed by atoms with Crippen molar-refractivity contribution < 1.29 is 18.0 Å². The van der Waals surface area contributed by atoms with Gasteiger partial charge in [-0.25, -0.2) is 8.42 Å². The predicted octanol–water partition coefficient (Wildman–Crippen LogP) is 4.99. The van der Waals surface area contributed by atoms with Gasteiger partial charge in [0.25, 0.3) is 0 Å². The van der Waals surface area contributed by atoms with E-state index < -0.39 is 28.5 Å². The minimum atomic E-state index is -3.79. The van der Waals surface area contributed by atoms with Crippen molar-refractivity contribution in [2.45, 2.75) is 52.6 Å². The number of carbonyl (C=O) groups excluding carboxylic acids is 2. The molecule has 3 aromatic rings. The van der Waals surface area contributed by atoms with E-state index in [9.17, 15) is 18.0 Å². The summed E-state index contributed by atoms with van der Waals surface area (Å²) in [5, 5.41) is 2.99. The Bertz CT molecular complexity index is 1340. The van der Waals surface area contributed by atoms with E-state index in [0.717, 1.165) is 27.3 Å². The lowest BCUT2D eigenvalue weighted by Crippen LogP contribution is -2.53. The van der Waals surface area contributed by atoms with Crippen molar-refractivity contribution in [2.75, 3.05) is 23.7 Å². The monoisotopic (exact) mass is 563 g/mol. The Morgan fingerprint density at radius 1 is 0.800 bits per heavy atom. The molecule has 0 aliphatic carbocycles. The Balaban J connectivity index is 2.01. The molecule has 0 aliphatic heterocycles. The zero-order valence-corrected chi connectivity index (χ0v) is 24.9. The second kappa shape index (κ2) is 14.1. The van der Waals surface area contributed by atoms with Crippen molar-refractivity contribution in [3.63, 3.8) is 0 Å². The van der Waals surface area contributed by atoms with Crippen molar-refractivity contribution in [3.05, 3.63) is 102 Å². The summed E-state index contributed by atoms with van der Waals surface area (Å²) < 4.78 is 26.9. The third kappa shape index (κ3) is 8.95. The number of benzene rings is 3. The fourth-order valence-electron chi connectivity index (χ4n) is 4.40. The predicted molar refractivity (Wildman–Crippen MR) is 161 cm³/mol. The number of rotatable bonds is 13. The van der Waals surface area contributed by atoms with Gasteiger partial charge in [-0.15, -0.1) is 0 Å². The summed E-state index contributed by atoms with van der Waals surface area (Å²) in [5.74, 6) is -0.210. The SMILES string of the molecule is CC(C)CNC(=O)[C@@H](Cc1ccccc1)N(Cc1ccccc1)C(=O)CN(c1ccc(C(C)C)cc1)S(C)(=O)=O. The van der Waals surface area contributed by atoms with Crippen LogP contribution in [0.3, 0.4) is 0 Å². The molecule has 3 rings (SSSR count). The molecule has 40 heavy (non-hydrogen) atoms. The molecule has 1 N–H and O–H groups in total. The van der Waals surface area contributed by atoms with E-state index in [-0.39, 0.29) is 24.3 Å². The molecule has 0 fully saturated rings. The number of anilines is 1. The van der Waals surface area contributed by atoms with E-state index in [1.165, 1.54) is 4.90 Å². The van der Waals surface area contributed by atoms with Gasteiger partial charge in [-0.2, -0.15) is 0 Å². The Morgan fingerprint density at radius 2 is 1.35 bits per heavy atom. The van der Waals surface area contributed by atoms with Gasteiger partial charge in [-0.05, 0) is 40.7 Å². The number of hydrogen-bond acceptors (Lipinski definition) is 4. The summed E-state index contributed by atoms with van der Waals surface area (Å²) in [6.45, 7) is 8.35. The van der Waals surface area contributed by atoms with Crippen LogP contribution in [0.4, 0.5) is 5.69 Å². The van der Waals surface area contributed by atoms with Gasteiger partial charge in [-0.1, -0.05) is 100 Å². The van der Waals surface area contributed by atoms with Gasteiger partial charge < -0.3 is 10.2 Å². The third-order valence-electron chi connectivity index (χ3n) is 6.68. The highest BCUT2D eigenvalue weighted by Gasteiger charge is 2.33. The average Bonchev–Trinajstić information content (AvgIpc) is 2.92. The summed E-state index contributed by atoms with van der Waals surface area (Å²) in [6.07, 6.45) is 1.39. The van der Waals surface area contributed by atoms with Crippen LogP contribution in [0.2, 0.25) is 0 Å². The summed E-state index contributed by atoms with van der Waals surface area (Å²) in [7, 11) is -3.79. The molecule has 3 aromatic carbocycles. The van der Waals surface area contributed by atoms with Gasteiger partial charge in [0.15, 0.2) is 0 Å². The second-order valence-corrected chi connectivity index (χ2v) is 12.8. The first-order valence-electron chi connectivity index (χ1n) is 13.7. The highest BCUT2D eigenvalue weighted by atomic mass is 32.2. The highest BCUT2D eigenvalue weighted by Crippen LogP contribution is 2.23. The molecule has 214 valence electrons. The molecule has 7 nitrogen and oxygen atoms in total. The average molecular weight is 564 g/mol. The molecule has 0 heterocycles. The van der Waals surface area contributed by atoms with Crippen molar-refractivity contribution in [1.82, 2.24) is 10.2 Å². The van der Waals surface area contributed by atoms with E-state index in [1.807, 2.05) is 86.6 Å². The Labute approximate surface area is 239 Å². The molecule has 0 bridgehead atoms. The van der Waals surface area contributed by atoms with Crippen molar-refractivity contribution in [2.24, 2.45) is 5.92 Å². The van der Waals surface area contributed by atoms with Gasteiger partial charge in [0.1, 0.15) is 12.6 Å². The molecule has 0 saturated carbocycles. The molecular formula is C32H41N3O4S. The topological polar surface area (TPSA) is 86.8 Å². The van der Waals surface area contributed by atoms with Crippen LogP contribution in [0.15, 0.2) is 84.9 Å². The van der Waals surface area contributed by atoms with Crippen molar-refractivity contribution in [1.29, 1.82) is 0 Å². The van der Waals surface area contributed by atoms with Gasteiger partial charge in [-0.3, -0.25) is 13.9 Å². The number of amides is 2. The first kappa shape index (κ1) is 30.9. The van der Waals surface area contributed by atoms with E-state index in [2.05, 4.69) is 19.2 Å². The molecule has 0 saturated heterocycles. The molecule has 0 radical (unpaired) electrons. The maximum atomic E-state index is 14.1. The van der Waals surface area contributed by atoms with E-state index >= 15 is 0 Å². The van der Waals surface area contributed by atoms with E-state index in [1.54, 1.807) is 12.1 Å². The molecule has 0 aromatic heterocycles. The number of sulfonamides is 1. The smallest absolute Gasteiger partial charge is 0.244 e. The first-order chi connectivity index (χ1) is 19.0. The molecule has 0 spiro atoms. The third-order valence-corrected chi connectivity index (χ3v) is 7.82. The summed E-state index contributed by atoms with van der Waals surface area (Å²) in [6, 6.07) is 25.3. The lowest BCUT2D eigenvalue weighted by atomic mass is 10.0. The minimum Gasteiger partial charge on any atom is -0.354 e. The first-order valence-corrected chi connectivity index (χ1v) is 15.5. The van der Waals surface area contributed by atoms with Gasteiger partial charge >= 0.3 is 0 Å². The van der Waals surface area contributed by atoms with Crippen LogP contribution in [-0.2, 0) is 32.6 Å². The summed E-state index contributed by atoms with van der Waals surface area (Å²) >= 11 is 0. The Morgan fingerprint density at radius 3 is 1.85 bits per heavy atom. The lowest BCUT2D eigenvalue weighted by Gasteiger charge is -2.33. The highest BCUT2D eigenvalue weighted by molar-refractivity contribution is 7.92. The number of carbonyl (C=O) groups is 2. The van der Waals surface area contributed by atoms with E-state index in [4.69, 9.17) is 0 Å².